The zero-order valence-electron chi connectivity index (χ0n) is 9.37. The molecule has 3 nitrogen and oxygen atoms in total. The highest BCUT2D eigenvalue weighted by Gasteiger charge is 2.11. The van der Waals surface area contributed by atoms with Gasteiger partial charge in [0.15, 0.2) is 11.6 Å². The van der Waals surface area contributed by atoms with Gasteiger partial charge in [-0.1, -0.05) is 20.3 Å². The summed E-state index contributed by atoms with van der Waals surface area (Å²) in [7, 11) is 0. The van der Waals surface area contributed by atoms with Crippen LogP contribution in [-0.2, 0) is 4.74 Å². The first-order chi connectivity index (χ1) is 7.54. The van der Waals surface area contributed by atoms with Crippen molar-refractivity contribution in [1.29, 1.82) is 0 Å². The molecule has 0 heterocycles. The zero-order chi connectivity index (χ0) is 12.1. The van der Waals surface area contributed by atoms with Gasteiger partial charge in [-0.05, 0) is 24.1 Å². The predicted octanol–water partition coefficient (Wildman–Crippen LogP) is 2.73. The molecule has 0 radical (unpaired) electrons. The van der Waals surface area contributed by atoms with Crippen molar-refractivity contribution in [3.8, 4) is 5.75 Å². The fourth-order valence-electron chi connectivity index (χ4n) is 1.05. The number of phenolic OH excluding ortho intramolecular Hbond substituents is 1. The van der Waals surface area contributed by atoms with Crippen LogP contribution in [0.4, 0.5) is 4.39 Å². The first-order valence-corrected chi connectivity index (χ1v) is 5.20. The van der Waals surface area contributed by atoms with Gasteiger partial charge in [0.25, 0.3) is 0 Å². The van der Waals surface area contributed by atoms with E-state index in [9.17, 15) is 9.18 Å². The number of ether oxygens (including phenoxy) is 1. The van der Waals surface area contributed by atoms with E-state index in [1.807, 2.05) is 13.8 Å². The number of phenols is 1. The Labute approximate surface area is 93.9 Å². The minimum absolute atomic E-state index is 0.110. The van der Waals surface area contributed by atoms with Crippen molar-refractivity contribution >= 4 is 5.97 Å². The molecule has 0 aliphatic carbocycles. The number of aromatic hydroxyl groups is 1. The summed E-state index contributed by atoms with van der Waals surface area (Å²) in [6.45, 7) is 4.28. The molecular formula is C12H15FO3. The Morgan fingerprint density at radius 2 is 2.25 bits per heavy atom. The monoisotopic (exact) mass is 226 g/mol. The lowest BCUT2D eigenvalue weighted by Gasteiger charge is -2.09. The SMILES string of the molecule is CC[C@@H](C)COC(=O)c1ccc(O)c(F)c1. The molecule has 0 fully saturated rings. The van der Waals surface area contributed by atoms with Crippen LogP contribution in [0.1, 0.15) is 30.6 Å². The molecule has 88 valence electrons. The third-order valence-corrected chi connectivity index (χ3v) is 2.38. The predicted molar refractivity (Wildman–Crippen MR) is 57.8 cm³/mol. The normalized spacial score (nSPS) is 12.2. The molecule has 4 heteroatoms. The van der Waals surface area contributed by atoms with E-state index in [-0.39, 0.29) is 11.5 Å². The fourth-order valence-corrected chi connectivity index (χ4v) is 1.05. The summed E-state index contributed by atoms with van der Waals surface area (Å²) in [5.41, 5.74) is 0.110. The van der Waals surface area contributed by atoms with Crippen molar-refractivity contribution in [3.63, 3.8) is 0 Å². The molecular weight excluding hydrogens is 211 g/mol. The van der Waals surface area contributed by atoms with Crippen LogP contribution in [0.2, 0.25) is 0 Å². The highest BCUT2D eigenvalue weighted by Crippen LogP contribution is 2.17. The molecule has 0 amide bonds. The standard InChI is InChI=1S/C12H15FO3/c1-3-8(2)7-16-12(15)9-4-5-11(14)10(13)6-9/h4-6,8,14H,3,7H2,1-2H3/t8-/m1/s1. The van der Waals surface area contributed by atoms with Gasteiger partial charge < -0.3 is 9.84 Å². The van der Waals surface area contributed by atoms with Crippen LogP contribution in [0.5, 0.6) is 5.75 Å². The lowest BCUT2D eigenvalue weighted by atomic mass is 10.1. The van der Waals surface area contributed by atoms with Crippen LogP contribution in [0.3, 0.4) is 0 Å². The maximum Gasteiger partial charge on any atom is 0.338 e. The highest BCUT2D eigenvalue weighted by atomic mass is 19.1. The smallest absolute Gasteiger partial charge is 0.338 e. The quantitative estimate of drug-likeness (QED) is 0.803. The summed E-state index contributed by atoms with van der Waals surface area (Å²) in [5, 5.41) is 8.95. The number of hydrogen-bond acceptors (Lipinski definition) is 3. The van der Waals surface area contributed by atoms with E-state index < -0.39 is 17.5 Å². The van der Waals surface area contributed by atoms with Crippen molar-refractivity contribution in [3.05, 3.63) is 29.6 Å². The van der Waals surface area contributed by atoms with E-state index >= 15 is 0 Å². The summed E-state index contributed by atoms with van der Waals surface area (Å²) in [4.78, 5) is 11.5. The van der Waals surface area contributed by atoms with Crippen LogP contribution < -0.4 is 0 Å². The first kappa shape index (κ1) is 12.5. The number of halogens is 1. The molecule has 1 rings (SSSR count). The van der Waals surface area contributed by atoms with Crippen molar-refractivity contribution in [1.82, 2.24) is 0 Å². The molecule has 0 aliphatic heterocycles. The van der Waals surface area contributed by atoms with Gasteiger partial charge >= 0.3 is 5.97 Å². The van der Waals surface area contributed by atoms with Gasteiger partial charge in [-0.15, -0.1) is 0 Å². The number of carbonyl (C=O) groups excluding carboxylic acids is 1. The van der Waals surface area contributed by atoms with Crippen molar-refractivity contribution in [2.45, 2.75) is 20.3 Å². The second-order valence-corrected chi connectivity index (χ2v) is 3.78. The van der Waals surface area contributed by atoms with Crippen LogP contribution in [0, 0.1) is 11.7 Å². The zero-order valence-corrected chi connectivity index (χ0v) is 9.37. The molecule has 1 atom stereocenters. The molecule has 16 heavy (non-hydrogen) atoms. The highest BCUT2D eigenvalue weighted by molar-refractivity contribution is 5.89. The lowest BCUT2D eigenvalue weighted by Crippen LogP contribution is -2.11. The topological polar surface area (TPSA) is 46.5 Å². The summed E-state index contributed by atoms with van der Waals surface area (Å²) in [5.74, 6) is -1.58. The number of hydrogen-bond donors (Lipinski definition) is 1. The Balaban J connectivity index is 2.63. The van der Waals surface area contributed by atoms with Gasteiger partial charge in [-0.2, -0.15) is 0 Å². The average Bonchev–Trinajstić information content (AvgIpc) is 2.29. The summed E-state index contributed by atoms with van der Waals surface area (Å²) in [6.07, 6.45) is 0.914. The minimum atomic E-state index is -0.821. The number of benzene rings is 1. The Hall–Kier alpha value is -1.58. The van der Waals surface area contributed by atoms with E-state index in [4.69, 9.17) is 9.84 Å². The van der Waals surface area contributed by atoms with Crippen molar-refractivity contribution < 1.29 is 19.0 Å². The minimum Gasteiger partial charge on any atom is -0.505 e. The van der Waals surface area contributed by atoms with Gasteiger partial charge in [0.2, 0.25) is 0 Å². The maximum atomic E-state index is 12.9. The fraction of sp³-hybridized carbons (Fsp3) is 0.417. The maximum absolute atomic E-state index is 12.9. The molecule has 0 saturated heterocycles. The van der Waals surface area contributed by atoms with E-state index in [1.54, 1.807) is 0 Å². The Kier molecular flexibility index (Phi) is 4.28. The van der Waals surface area contributed by atoms with E-state index in [0.717, 1.165) is 18.6 Å². The third kappa shape index (κ3) is 3.22. The van der Waals surface area contributed by atoms with Gasteiger partial charge in [0, 0.05) is 0 Å². The van der Waals surface area contributed by atoms with Gasteiger partial charge in [-0.3, -0.25) is 0 Å². The van der Waals surface area contributed by atoms with E-state index in [2.05, 4.69) is 0 Å². The molecule has 0 spiro atoms. The Bertz CT molecular complexity index is 377. The van der Waals surface area contributed by atoms with Crippen molar-refractivity contribution in [2.75, 3.05) is 6.61 Å². The molecule has 0 aliphatic rings. The summed E-state index contributed by atoms with van der Waals surface area (Å²) in [6, 6.07) is 3.43. The Morgan fingerprint density at radius 1 is 1.56 bits per heavy atom. The summed E-state index contributed by atoms with van der Waals surface area (Å²) < 4.78 is 17.9. The average molecular weight is 226 g/mol. The van der Waals surface area contributed by atoms with Gasteiger partial charge in [0.1, 0.15) is 0 Å². The molecule has 0 saturated carbocycles. The lowest BCUT2D eigenvalue weighted by molar-refractivity contribution is 0.0446. The van der Waals surface area contributed by atoms with Crippen LogP contribution in [0.25, 0.3) is 0 Å². The van der Waals surface area contributed by atoms with Gasteiger partial charge in [0.05, 0.1) is 12.2 Å². The van der Waals surface area contributed by atoms with Crippen LogP contribution in [0.15, 0.2) is 18.2 Å². The van der Waals surface area contributed by atoms with E-state index in [1.165, 1.54) is 6.07 Å². The molecule has 0 bridgehead atoms. The van der Waals surface area contributed by atoms with Crippen LogP contribution >= 0.6 is 0 Å². The summed E-state index contributed by atoms with van der Waals surface area (Å²) >= 11 is 0. The molecule has 0 aromatic heterocycles. The number of rotatable bonds is 4. The van der Waals surface area contributed by atoms with Crippen LogP contribution in [-0.4, -0.2) is 17.7 Å². The largest absolute Gasteiger partial charge is 0.505 e. The number of esters is 1. The molecule has 0 unspecified atom stereocenters. The molecule has 1 aromatic rings. The van der Waals surface area contributed by atoms with Crippen molar-refractivity contribution in [2.24, 2.45) is 5.92 Å². The van der Waals surface area contributed by atoms with E-state index in [0.29, 0.717) is 6.61 Å². The molecule has 1 N–H and O–H groups in total. The molecule has 1 aromatic carbocycles. The van der Waals surface area contributed by atoms with Gasteiger partial charge in [-0.25, -0.2) is 9.18 Å². The second kappa shape index (κ2) is 5.49. The Morgan fingerprint density at radius 3 is 2.81 bits per heavy atom. The first-order valence-electron chi connectivity index (χ1n) is 5.20. The second-order valence-electron chi connectivity index (χ2n) is 3.78. The third-order valence-electron chi connectivity index (χ3n) is 2.38. The number of carbonyl (C=O) groups is 1.